The van der Waals surface area contributed by atoms with Crippen LogP contribution in [0.5, 0.6) is 11.6 Å². The molecule has 0 atom stereocenters. The molecule has 0 bridgehead atoms. The van der Waals surface area contributed by atoms with Gasteiger partial charge in [-0.1, -0.05) is 18.2 Å². The second-order valence-electron chi connectivity index (χ2n) is 4.11. The minimum absolute atomic E-state index is 0.421. The molecule has 0 saturated carbocycles. The lowest BCUT2D eigenvalue weighted by Crippen LogP contribution is -2.01. The molecule has 1 aromatic heterocycles. The molecule has 0 spiro atoms. The van der Waals surface area contributed by atoms with E-state index in [4.69, 9.17) is 14.7 Å². The smallest absolute Gasteiger partial charge is 0.217 e. The molecule has 104 valence electrons. The fraction of sp³-hybridized carbons (Fsp3) is 0.200. The number of hydrogen-bond acceptors (Lipinski definition) is 5. The number of ether oxygens (including phenoxy) is 2. The van der Waals surface area contributed by atoms with Crippen molar-refractivity contribution in [2.75, 3.05) is 7.11 Å². The van der Waals surface area contributed by atoms with Crippen LogP contribution in [0, 0.1) is 0 Å². The summed E-state index contributed by atoms with van der Waals surface area (Å²) < 4.78 is 10.8. The summed E-state index contributed by atoms with van der Waals surface area (Å²) in [6.07, 6.45) is 3.54. The zero-order chi connectivity index (χ0) is 14.2. The van der Waals surface area contributed by atoms with Gasteiger partial charge in [0.05, 0.1) is 7.11 Å². The van der Waals surface area contributed by atoms with Gasteiger partial charge in [-0.3, -0.25) is 0 Å². The minimum Gasteiger partial charge on any atom is -0.497 e. The summed E-state index contributed by atoms with van der Waals surface area (Å²) >= 11 is 0. The molecule has 0 saturated heterocycles. The Labute approximate surface area is 117 Å². The van der Waals surface area contributed by atoms with Crippen LogP contribution in [0.3, 0.4) is 0 Å². The molecule has 1 aromatic carbocycles. The molecule has 20 heavy (non-hydrogen) atoms. The van der Waals surface area contributed by atoms with Crippen LogP contribution in [0.4, 0.5) is 0 Å². The van der Waals surface area contributed by atoms with Gasteiger partial charge in [-0.25, -0.2) is 4.98 Å². The van der Waals surface area contributed by atoms with Crippen molar-refractivity contribution in [1.82, 2.24) is 4.98 Å². The molecule has 0 aliphatic heterocycles. The lowest BCUT2D eigenvalue weighted by Gasteiger charge is -2.09. The predicted octanol–water partition coefficient (Wildman–Crippen LogP) is 2.67. The first kappa shape index (κ1) is 13.9. The molecule has 0 fully saturated rings. The third kappa shape index (κ3) is 3.71. The summed E-state index contributed by atoms with van der Waals surface area (Å²) in [6.45, 7) is 0.421. The molecule has 0 amide bonds. The first-order valence-corrected chi connectivity index (χ1v) is 6.19. The van der Waals surface area contributed by atoms with Gasteiger partial charge in [-0.05, 0) is 23.8 Å². The number of benzene rings is 1. The van der Waals surface area contributed by atoms with E-state index in [9.17, 15) is 0 Å². The van der Waals surface area contributed by atoms with Crippen molar-refractivity contribution in [3.05, 3.63) is 53.7 Å². The molecule has 0 aliphatic carbocycles. The standard InChI is InChI=1S/C15H16N2O3/c1-19-14-6-4-12(5-7-14)11-20-15-13(8-10-17-18)3-2-9-16-15/h2-7,9-10,18H,8,11H2,1H3. The van der Waals surface area contributed by atoms with E-state index in [0.29, 0.717) is 18.9 Å². The lowest BCUT2D eigenvalue weighted by molar-refractivity contribution is 0.291. The van der Waals surface area contributed by atoms with E-state index < -0.39 is 0 Å². The van der Waals surface area contributed by atoms with Gasteiger partial charge in [-0.15, -0.1) is 5.16 Å². The normalized spacial score (nSPS) is 10.7. The van der Waals surface area contributed by atoms with Crippen LogP contribution >= 0.6 is 0 Å². The molecule has 5 nitrogen and oxygen atoms in total. The van der Waals surface area contributed by atoms with Crippen LogP contribution in [-0.2, 0) is 13.0 Å². The number of hydrogen-bond donors (Lipinski definition) is 1. The van der Waals surface area contributed by atoms with Crippen LogP contribution in [-0.4, -0.2) is 23.5 Å². The minimum atomic E-state index is 0.421. The molecular formula is C15H16N2O3. The van der Waals surface area contributed by atoms with Crippen LogP contribution in [0.15, 0.2) is 47.8 Å². The van der Waals surface area contributed by atoms with Gasteiger partial charge >= 0.3 is 0 Å². The van der Waals surface area contributed by atoms with Gasteiger partial charge in [0.2, 0.25) is 5.88 Å². The van der Waals surface area contributed by atoms with Crippen molar-refractivity contribution >= 4 is 6.21 Å². The quantitative estimate of drug-likeness (QED) is 0.499. The topological polar surface area (TPSA) is 63.9 Å². The molecule has 1 N–H and O–H groups in total. The number of nitrogens with zero attached hydrogens (tertiary/aromatic N) is 2. The first-order valence-electron chi connectivity index (χ1n) is 6.19. The molecule has 2 aromatic rings. The lowest BCUT2D eigenvalue weighted by atomic mass is 10.2. The second-order valence-corrected chi connectivity index (χ2v) is 4.11. The molecule has 1 heterocycles. The van der Waals surface area contributed by atoms with E-state index in [0.717, 1.165) is 16.9 Å². The van der Waals surface area contributed by atoms with Crippen molar-refractivity contribution in [3.8, 4) is 11.6 Å². The Morgan fingerprint density at radius 2 is 2.05 bits per heavy atom. The summed E-state index contributed by atoms with van der Waals surface area (Å²) in [5.74, 6) is 1.36. The summed E-state index contributed by atoms with van der Waals surface area (Å²) in [5.41, 5.74) is 1.90. The Hall–Kier alpha value is -2.56. The summed E-state index contributed by atoms with van der Waals surface area (Å²) in [7, 11) is 1.63. The van der Waals surface area contributed by atoms with E-state index >= 15 is 0 Å². The average molecular weight is 272 g/mol. The number of methoxy groups -OCH3 is 1. The van der Waals surface area contributed by atoms with Gasteiger partial charge in [0, 0.05) is 24.4 Å². The van der Waals surface area contributed by atoms with Crippen molar-refractivity contribution < 1.29 is 14.7 Å². The fourth-order valence-corrected chi connectivity index (χ4v) is 1.72. The van der Waals surface area contributed by atoms with Crippen LogP contribution in [0.1, 0.15) is 11.1 Å². The number of oxime groups is 1. The van der Waals surface area contributed by atoms with Crippen molar-refractivity contribution in [3.63, 3.8) is 0 Å². The Kier molecular flexibility index (Phi) is 4.94. The fourth-order valence-electron chi connectivity index (χ4n) is 1.72. The molecule has 0 aliphatic rings. The van der Waals surface area contributed by atoms with E-state index in [1.165, 1.54) is 6.21 Å². The van der Waals surface area contributed by atoms with Crippen LogP contribution < -0.4 is 9.47 Å². The summed E-state index contributed by atoms with van der Waals surface area (Å²) in [5, 5.41) is 11.5. The van der Waals surface area contributed by atoms with Crippen LogP contribution in [0.25, 0.3) is 0 Å². The van der Waals surface area contributed by atoms with Crippen LogP contribution in [0.2, 0.25) is 0 Å². The maximum atomic E-state index is 8.47. The predicted molar refractivity (Wildman–Crippen MR) is 75.5 cm³/mol. The van der Waals surface area contributed by atoms with Crippen molar-refractivity contribution in [2.45, 2.75) is 13.0 Å². The SMILES string of the molecule is COc1ccc(COc2ncccc2CC=NO)cc1. The molecule has 0 radical (unpaired) electrons. The van der Waals surface area contributed by atoms with E-state index in [-0.39, 0.29) is 0 Å². The maximum Gasteiger partial charge on any atom is 0.217 e. The zero-order valence-electron chi connectivity index (χ0n) is 11.2. The van der Waals surface area contributed by atoms with Gasteiger partial charge < -0.3 is 14.7 Å². The highest BCUT2D eigenvalue weighted by Crippen LogP contribution is 2.17. The van der Waals surface area contributed by atoms with Gasteiger partial charge in [0.15, 0.2) is 0 Å². The molecule has 0 unspecified atom stereocenters. The third-order valence-corrected chi connectivity index (χ3v) is 2.78. The van der Waals surface area contributed by atoms with E-state index in [2.05, 4.69) is 10.1 Å². The largest absolute Gasteiger partial charge is 0.497 e. The second kappa shape index (κ2) is 7.13. The Morgan fingerprint density at radius 1 is 1.25 bits per heavy atom. The molecule has 5 heteroatoms. The highest BCUT2D eigenvalue weighted by atomic mass is 16.5. The Balaban J connectivity index is 2.02. The monoisotopic (exact) mass is 272 g/mol. The van der Waals surface area contributed by atoms with Crippen molar-refractivity contribution in [1.29, 1.82) is 0 Å². The first-order chi connectivity index (χ1) is 9.83. The van der Waals surface area contributed by atoms with E-state index in [1.807, 2.05) is 36.4 Å². The number of rotatable bonds is 6. The van der Waals surface area contributed by atoms with Gasteiger partial charge in [0.25, 0.3) is 0 Å². The number of aromatic nitrogens is 1. The molecule has 2 rings (SSSR count). The van der Waals surface area contributed by atoms with E-state index in [1.54, 1.807) is 13.3 Å². The van der Waals surface area contributed by atoms with Crippen molar-refractivity contribution in [2.24, 2.45) is 5.16 Å². The highest BCUT2D eigenvalue weighted by molar-refractivity contribution is 5.61. The van der Waals surface area contributed by atoms with Gasteiger partial charge in [0.1, 0.15) is 12.4 Å². The Bertz CT molecular complexity index is 568. The summed E-state index contributed by atoms with van der Waals surface area (Å²) in [4.78, 5) is 4.19. The Morgan fingerprint density at radius 3 is 2.75 bits per heavy atom. The summed E-state index contributed by atoms with van der Waals surface area (Å²) in [6, 6.07) is 11.4. The maximum absolute atomic E-state index is 8.47. The number of pyridine rings is 1. The van der Waals surface area contributed by atoms with Gasteiger partial charge in [-0.2, -0.15) is 0 Å². The third-order valence-electron chi connectivity index (χ3n) is 2.78. The highest BCUT2D eigenvalue weighted by Gasteiger charge is 2.04. The molecular weight excluding hydrogens is 256 g/mol. The zero-order valence-corrected chi connectivity index (χ0v) is 11.2. The average Bonchev–Trinajstić information content (AvgIpc) is 2.52.